The van der Waals surface area contributed by atoms with E-state index in [1.807, 2.05) is 0 Å². The number of hydrogen-bond acceptors (Lipinski definition) is 2. The summed E-state index contributed by atoms with van der Waals surface area (Å²) < 4.78 is 4.82. The number of nitrogens with one attached hydrogen (secondary N) is 1. The maximum atomic E-state index is 11.5. The van der Waals surface area contributed by atoms with Gasteiger partial charge in [0, 0.05) is 7.11 Å². The molecule has 1 amide bonds. The molecule has 0 saturated heterocycles. The minimum absolute atomic E-state index is 0.0666. The molecule has 0 saturated carbocycles. The van der Waals surface area contributed by atoms with Crippen LogP contribution in [0.3, 0.4) is 0 Å². The van der Waals surface area contributed by atoms with E-state index < -0.39 is 0 Å². The number of rotatable bonds is 5. The molecule has 1 atom stereocenters. The summed E-state index contributed by atoms with van der Waals surface area (Å²) in [4.78, 5) is 11.5. The molecule has 0 fully saturated rings. The van der Waals surface area contributed by atoms with Crippen molar-refractivity contribution in [3.05, 3.63) is 34.9 Å². The molecule has 1 N–H and O–H groups in total. The number of methoxy groups -OCH3 is 1. The largest absolute Gasteiger partial charge is 0.375 e. The second-order valence-electron chi connectivity index (χ2n) is 4.31. The lowest BCUT2D eigenvalue weighted by Gasteiger charge is -2.18. The second kappa shape index (κ2) is 6.40. The van der Waals surface area contributed by atoms with E-state index in [-0.39, 0.29) is 18.6 Å². The van der Waals surface area contributed by atoms with Gasteiger partial charge in [-0.2, -0.15) is 0 Å². The fourth-order valence-electron chi connectivity index (χ4n) is 1.77. The van der Waals surface area contributed by atoms with Gasteiger partial charge in [-0.3, -0.25) is 4.79 Å². The highest BCUT2D eigenvalue weighted by atomic mass is 16.5. The monoisotopic (exact) mass is 235 g/mol. The van der Waals surface area contributed by atoms with Crippen LogP contribution in [0.5, 0.6) is 0 Å². The molecule has 0 spiro atoms. The first-order valence-electron chi connectivity index (χ1n) is 5.94. The molecule has 0 radical (unpaired) electrons. The van der Waals surface area contributed by atoms with Crippen molar-refractivity contribution in [3.8, 4) is 0 Å². The van der Waals surface area contributed by atoms with E-state index >= 15 is 0 Å². The van der Waals surface area contributed by atoms with Crippen molar-refractivity contribution in [2.75, 3.05) is 13.7 Å². The molecule has 0 aliphatic carbocycles. The third-order valence-electron chi connectivity index (χ3n) is 2.95. The highest BCUT2D eigenvalue weighted by Gasteiger charge is 2.12. The second-order valence-corrected chi connectivity index (χ2v) is 4.31. The Kier molecular flexibility index (Phi) is 5.16. The van der Waals surface area contributed by atoms with Crippen LogP contribution in [-0.2, 0) is 9.53 Å². The Morgan fingerprint density at radius 1 is 1.35 bits per heavy atom. The third kappa shape index (κ3) is 3.86. The van der Waals surface area contributed by atoms with Crippen LogP contribution in [-0.4, -0.2) is 19.6 Å². The van der Waals surface area contributed by atoms with E-state index in [2.05, 4.69) is 44.3 Å². The van der Waals surface area contributed by atoms with Crippen molar-refractivity contribution in [3.63, 3.8) is 0 Å². The Hall–Kier alpha value is -1.35. The zero-order valence-electron chi connectivity index (χ0n) is 11.0. The molecule has 0 aliphatic rings. The van der Waals surface area contributed by atoms with Crippen LogP contribution in [0.25, 0.3) is 0 Å². The molecule has 0 bridgehead atoms. The summed E-state index contributed by atoms with van der Waals surface area (Å²) in [6.45, 7) is 6.35. The highest BCUT2D eigenvalue weighted by molar-refractivity contribution is 5.77. The van der Waals surface area contributed by atoms with E-state index in [1.165, 1.54) is 18.2 Å². The first-order chi connectivity index (χ1) is 8.08. The number of ether oxygens (including phenoxy) is 1. The van der Waals surface area contributed by atoms with E-state index in [1.54, 1.807) is 0 Å². The quantitative estimate of drug-likeness (QED) is 0.851. The number of aryl methyl sites for hydroxylation is 2. The number of hydrogen-bond donors (Lipinski definition) is 1. The standard InChI is InChI=1S/C14H21NO2/c1-5-13(15-14(16)9-17-4)12-7-6-10(2)11(3)8-12/h6-8,13H,5,9H2,1-4H3,(H,15,16). The van der Waals surface area contributed by atoms with Gasteiger partial charge >= 0.3 is 0 Å². The number of carbonyl (C=O) groups excluding carboxylic acids is 1. The van der Waals surface area contributed by atoms with Gasteiger partial charge < -0.3 is 10.1 Å². The van der Waals surface area contributed by atoms with Crippen LogP contribution in [0.1, 0.15) is 36.1 Å². The predicted molar refractivity (Wildman–Crippen MR) is 69.0 cm³/mol. The summed E-state index contributed by atoms with van der Waals surface area (Å²) in [7, 11) is 1.52. The van der Waals surface area contributed by atoms with Gasteiger partial charge in [0.2, 0.25) is 5.91 Å². The van der Waals surface area contributed by atoms with Gasteiger partial charge in [0.15, 0.2) is 0 Å². The van der Waals surface area contributed by atoms with Gasteiger partial charge in [-0.1, -0.05) is 25.1 Å². The van der Waals surface area contributed by atoms with Gasteiger partial charge in [0.05, 0.1) is 6.04 Å². The van der Waals surface area contributed by atoms with Gasteiger partial charge in [-0.15, -0.1) is 0 Å². The molecular weight excluding hydrogens is 214 g/mol. The van der Waals surface area contributed by atoms with Crippen molar-refractivity contribution in [2.24, 2.45) is 0 Å². The number of carbonyl (C=O) groups is 1. The molecule has 0 aromatic heterocycles. The molecule has 3 nitrogen and oxygen atoms in total. The molecule has 1 aromatic carbocycles. The van der Waals surface area contributed by atoms with Gasteiger partial charge in [-0.25, -0.2) is 0 Å². The molecule has 3 heteroatoms. The minimum Gasteiger partial charge on any atom is -0.375 e. The predicted octanol–water partition coefficient (Wildman–Crippen LogP) is 2.52. The lowest BCUT2D eigenvalue weighted by molar-refractivity contribution is -0.125. The third-order valence-corrected chi connectivity index (χ3v) is 2.95. The zero-order chi connectivity index (χ0) is 12.8. The molecule has 17 heavy (non-hydrogen) atoms. The van der Waals surface area contributed by atoms with Gasteiger partial charge in [0.1, 0.15) is 6.61 Å². The average molecular weight is 235 g/mol. The zero-order valence-corrected chi connectivity index (χ0v) is 11.0. The van der Waals surface area contributed by atoms with Crippen LogP contribution in [0.2, 0.25) is 0 Å². The van der Waals surface area contributed by atoms with Crippen molar-refractivity contribution in [2.45, 2.75) is 33.2 Å². The summed E-state index contributed by atoms with van der Waals surface area (Å²) in [6.07, 6.45) is 0.873. The average Bonchev–Trinajstić information content (AvgIpc) is 2.30. The summed E-state index contributed by atoms with van der Waals surface area (Å²) in [5, 5.41) is 2.97. The SMILES string of the molecule is CCC(NC(=O)COC)c1ccc(C)c(C)c1. The fourth-order valence-corrected chi connectivity index (χ4v) is 1.77. The van der Waals surface area contributed by atoms with Crippen LogP contribution >= 0.6 is 0 Å². The smallest absolute Gasteiger partial charge is 0.246 e. The van der Waals surface area contributed by atoms with Crippen molar-refractivity contribution < 1.29 is 9.53 Å². The molecule has 1 unspecified atom stereocenters. The van der Waals surface area contributed by atoms with E-state index in [0.717, 1.165) is 12.0 Å². The van der Waals surface area contributed by atoms with Crippen molar-refractivity contribution in [1.82, 2.24) is 5.32 Å². The normalized spacial score (nSPS) is 12.2. The van der Waals surface area contributed by atoms with E-state index in [9.17, 15) is 4.79 Å². The Balaban J connectivity index is 2.79. The molecule has 1 aromatic rings. The molecular formula is C14H21NO2. The Bertz CT molecular complexity index is 388. The van der Waals surface area contributed by atoms with Gasteiger partial charge in [0.25, 0.3) is 0 Å². The Morgan fingerprint density at radius 2 is 2.06 bits per heavy atom. The minimum atomic E-state index is -0.0717. The maximum absolute atomic E-state index is 11.5. The number of benzene rings is 1. The molecule has 0 aliphatic heterocycles. The molecule has 1 rings (SSSR count). The Morgan fingerprint density at radius 3 is 2.59 bits per heavy atom. The van der Waals surface area contributed by atoms with Crippen LogP contribution in [0, 0.1) is 13.8 Å². The molecule has 0 heterocycles. The van der Waals surface area contributed by atoms with Crippen molar-refractivity contribution >= 4 is 5.91 Å². The summed E-state index contributed by atoms with van der Waals surface area (Å²) in [5.74, 6) is -0.0717. The summed E-state index contributed by atoms with van der Waals surface area (Å²) in [5.41, 5.74) is 3.67. The fraction of sp³-hybridized carbons (Fsp3) is 0.500. The first kappa shape index (κ1) is 13.7. The van der Waals surface area contributed by atoms with Crippen LogP contribution in [0.4, 0.5) is 0 Å². The van der Waals surface area contributed by atoms with Crippen LogP contribution < -0.4 is 5.32 Å². The lowest BCUT2D eigenvalue weighted by atomic mass is 9.99. The number of amides is 1. The summed E-state index contributed by atoms with van der Waals surface area (Å²) in [6, 6.07) is 6.37. The van der Waals surface area contributed by atoms with Gasteiger partial charge in [-0.05, 0) is 37.0 Å². The van der Waals surface area contributed by atoms with E-state index in [4.69, 9.17) is 4.74 Å². The Labute approximate surface area is 103 Å². The molecule has 94 valence electrons. The summed E-state index contributed by atoms with van der Waals surface area (Å²) >= 11 is 0. The van der Waals surface area contributed by atoms with Crippen molar-refractivity contribution in [1.29, 1.82) is 0 Å². The topological polar surface area (TPSA) is 38.3 Å². The van der Waals surface area contributed by atoms with E-state index in [0.29, 0.717) is 0 Å². The lowest BCUT2D eigenvalue weighted by Crippen LogP contribution is -2.31. The maximum Gasteiger partial charge on any atom is 0.246 e. The van der Waals surface area contributed by atoms with Crippen LogP contribution in [0.15, 0.2) is 18.2 Å². The first-order valence-corrected chi connectivity index (χ1v) is 5.94. The highest BCUT2D eigenvalue weighted by Crippen LogP contribution is 2.19.